The Labute approximate surface area is 94.1 Å². The highest BCUT2D eigenvalue weighted by Gasteiger charge is 2.11. The van der Waals surface area contributed by atoms with Crippen LogP contribution in [0.1, 0.15) is 19.7 Å². The first-order valence-electron chi connectivity index (χ1n) is 5.52. The summed E-state index contributed by atoms with van der Waals surface area (Å²) < 4.78 is 3.54. The van der Waals surface area contributed by atoms with Crippen molar-refractivity contribution in [2.45, 2.75) is 26.8 Å². The van der Waals surface area contributed by atoms with Gasteiger partial charge in [0.15, 0.2) is 0 Å². The Balaban J connectivity index is 2.65. The van der Waals surface area contributed by atoms with Gasteiger partial charge in [-0.05, 0) is 19.1 Å². The molecule has 16 heavy (non-hydrogen) atoms. The molecule has 4 nitrogen and oxygen atoms in total. The second-order valence-corrected chi connectivity index (χ2v) is 3.53. The number of aromatic nitrogens is 3. The monoisotopic (exact) mass is 217 g/mol. The van der Waals surface area contributed by atoms with Crippen LogP contribution in [-0.4, -0.2) is 14.3 Å². The summed E-state index contributed by atoms with van der Waals surface area (Å²) in [5.41, 5.74) is 0.659. The third kappa shape index (κ3) is 1.66. The normalized spacial score (nSPS) is 10.6. The average Bonchev–Trinajstić information content (AvgIpc) is 2.66. The minimum atomic E-state index is -0.204. The first-order valence-corrected chi connectivity index (χ1v) is 5.52. The van der Waals surface area contributed by atoms with Gasteiger partial charge in [-0.25, -0.2) is 4.79 Å². The summed E-state index contributed by atoms with van der Waals surface area (Å²) in [6.45, 7) is 4.76. The van der Waals surface area contributed by atoms with E-state index in [0.717, 1.165) is 24.5 Å². The molecule has 0 bridgehead atoms. The van der Waals surface area contributed by atoms with Crippen LogP contribution in [0.3, 0.4) is 0 Å². The first-order chi connectivity index (χ1) is 7.77. The Morgan fingerprint density at radius 3 is 2.44 bits per heavy atom. The van der Waals surface area contributed by atoms with Crippen LogP contribution in [0.15, 0.2) is 35.1 Å². The van der Waals surface area contributed by atoms with Crippen LogP contribution in [0.25, 0.3) is 5.69 Å². The Morgan fingerprint density at radius 1 is 1.19 bits per heavy atom. The van der Waals surface area contributed by atoms with E-state index in [1.807, 2.05) is 48.9 Å². The molecule has 0 saturated carbocycles. The fourth-order valence-corrected chi connectivity index (χ4v) is 1.84. The molecule has 1 aromatic heterocycles. The fourth-order valence-electron chi connectivity index (χ4n) is 1.84. The standard InChI is InChI=1S/C12H15N3O/c1-3-11-13-12(16)15(14(11)4-2)10-8-6-5-7-9-10/h5-9H,3-4H2,1-2H3. The van der Waals surface area contributed by atoms with Gasteiger partial charge in [0.05, 0.1) is 5.69 Å². The lowest BCUT2D eigenvalue weighted by atomic mass is 10.3. The van der Waals surface area contributed by atoms with Gasteiger partial charge >= 0.3 is 5.69 Å². The molecule has 1 heterocycles. The van der Waals surface area contributed by atoms with Gasteiger partial charge in [0, 0.05) is 13.0 Å². The van der Waals surface area contributed by atoms with Gasteiger partial charge in [-0.15, -0.1) is 0 Å². The van der Waals surface area contributed by atoms with Gasteiger partial charge in [-0.3, -0.25) is 4.68 Å². The van der Waals surface area contributed by atoms with Gasteiger partial charge in [0.25, 0.3) is 0 Å². The minimum absolute atomic E-state index is 0.204. The van der Waals surface area contributed by atoms with E-state index in [0.29, 0.717) is 0 Å². The third-order valence-electron chi connectivity index (χ3n) is 2.56. The quantitative estimate of drug-likeness (QED) is 0.783. The van der Waals surface area contributed by atoms with Crippen LogP contribution in [0, 0.1) is 0 Å². The molecule has 0 aliphatic carbocycles. The molecule has 0 radical (unpaired) electrons. The van der Waals surface area contributed by atoms with Gasteiger partial charge in [0.2, 0.25) is 0 Å². The molecule has 0 amide bonds. The number of aryl methyl sites for hydroxylation is 1. The molecule has 2 rings (SSSR count). The molecule has 2 aromatic rings. The Kier molecular flexibility index (Phi) is 2.90. The summed E-state index contributed by atoms with van der Waals surface area (Å²) in [4.78, 5) is 15.9. The van der Waals surface area contributed by atoms with Crippen molar-refractivity contribution in [2.24, 2.45) is 0 Å². The number of para-hydroxylation sites is 1. The molecule has 0 N–H and O–H groups in total. The molecule has 0 aliphatic rings. The van der Waals surface area contributed by atoms with Gasteiger partial charge in [0.1, 0.15) is 5.82 Å². The number of benzene rings is 1. The Hall–Kier alpha value is -1.84. The maximum atomic E-state index is 11.8. The van der Waals surface area contributed by atoms with Crippen molar-refractivity contribution in [3.05, 3.63) is 46.6 Å². The zero-order valence-electron chi connectivity index (χ0n) is 9.55. The maximum absolute atomic E-state index is 11.8. The first kappa shape index (κ1) is 10.7. The fraction of sp³-hybridized carbons (Fsp3) is 0.333. The van der Waals surface area contributed by atoms with Gasteiger partial charge in [-0.1, -0.05) is 25.1 Å². The highest BCUT2D eigenvalue weighted by molar-refractivity contribution is 5.29. The SMILES string of the molecule is CCc1nc(=O)n(-c2ccccc2)n1CC. The van der Waals surface area contributed by atoms with Crippen LogP contribution >= 0.6 is 0 Å². The molecule has 0 unspecified atom stereocenters. The topological polar surface area (TPSA) is 39.8 Å². The van der Waals surface area contributed by atoms with Crippen LogP contribution in [0.4, 0.5) is 0 Å². The van der Waals surface area contributed by atoms with E-state index in [2.05, 4.69) is 4.98 Å². The molecule has 84 valence electrons. The molecule has 0 spiro atoms. The lowest BCUT2D eigenvalue weighted by Crippen LogP contribution is -2.21. The molecule has 0 fully saturated rings. The molecule has 0 aliphatic heterocycles. The van der Waals surface area contributed by atoms with Crippen LogP contribution in [0.5, 0.6) is 0 Å². The van der Waals surface area contributed by atoms with Crippen LogP contribution in [0.2, 0.25) is 0 Å². The maximum Gasteiger partial charge on any atom is 0.368 e. The largest absolute Gasteiger partial charge is 0.368 e. The van der Waals surface area contributed by atoms with Crippen molar-refractivity contribution in [3.8, 4) is 5.69 Å². The summed E-state index contributed by atoms with van der Waals surface area (Å²) in [6.07, 6.45) is 0.767. The predicted molar refractivity (Wildman–Crippen MR) is 62.9 cm³/mol. The average molecular weight is 217 g/mol. The van der Waals surface area contributed by atoms with E-state index in [1.165, 1.54) is 0 Å². The predicted octanol–water partition coefficient (Wildman–Crippen LogP) is 1.62. The lowest BCUT2D eigenvalue weighted by Gasteiger charge is -2.10. The highest BCUT2D eigenvalue weighted by atomic mass is 16.2. The molecule has 0 saturated heterocycles. The summed E-state index contributed by atoms with van der Waals surface area (Å²) >= 11 is 0. The second kappa shape index (κ2) is 4.35. The van der Waals surface area contributed by atoms with Crippen LogP contribution in [-0.2, 0) is 13.0 Å². The smallest absolute Gasteiger partial charge is 0.263 e. The molecule has 1 aromatic carbocycles. The van der Waals surface area contributed by atoms with Gasteiger partial charge < -0.3 is 0 Å². The summed E-state index contributed by atoms with van der Waals surface area (Å²) in [7, 11) is 0. The van der Waals surface area contributed by atoms with Crippen molar-refractivity contribution < 1.29 is 0 Å². The van der Waals surface area contributed by atoms with E-state index in [-0.39, 0.29) is 5.69 Å². The Bertz CT molecular complexity index is 525. The highest BCUT2D eigenvalue weighted by Crippen LogP contribution is 2.06. The van der Waals surface area contributed by atoms with Crippen molar-refractivity contribution in [3.63, 3.8) is 0 Å². The zero-order valence-corrected chi connectivity index (χ0v) is 9.55. The molecular formula is C12H15N3O. The molecule has 0 atom stereocenters. The summed E-state index contributed by atoms with van der Waals surface area (Å²) in [6, 6.07) is 9.59. The summed E-state index contributed by atoms with van der Waals surface area (Å²) in [5, 5.41) is 0. The van der Waals surface area contributed by atoms with E-state index < -0.39 is 0 Å². The number of rotatable bonds is 3. The third-order valence-corrected chi connectivity index (χ3v) is 2.56. The molecular weight excluding hydrogens is 202 g/mol. The summed E-state index contributed by atoms with van der Waals surface area (Å²) in [5.74, 6) is 0.830. The van der Waals surface area contributed by atoms with Crippen molar-refractivity contribution in [1.29, 1.82) is 0 Å². The lowest BCUT2D eigenvalue weighted by molar-refractivity contribution is 0.550. The molecule has 4 heteroatoms. The van der Waals surface area contributed by atoms with Crippen molar-refractivity contribution >= 4 is 0 Å². The van der Waals surface area contributed by atoms with E-state index in [9.17, 15) is 4.79 Å². The second-order valence-electron chi connectivity index (χ2n) is 3.53. The Morgan fingerprint density at radius 2 is 1.88 bits per heavy atom. The van der Waals surface area contributed by atoms with E-state index in [1.54, 1.807) is 4.68 Å². The van der Waals surface area contributed by atoms with E-state index in [4.69, 9.17) is 0 Å². The minimum Gasteiger partial charge on any atom is -0.263 e. The van der Waals surface area contributed by atoms with Crippen molar-refractivity contribution in [2.75, 3.05) is 0 Å². The van der Waals surface area contributed by atoms with Crippen LogP contribution < -0.4 is 5.69 Å². The van der Waals surface area contributed by atoms with Crippen molar-refractivity contribution in [1.82, 2.24) is 14.3 Å². The van der Waals surface area contributed by atoms with Gasteiger partial charge in [-0.2, -0.15) is 9.67 Å². The van der Waals surface area contributed by atoms with E-state index >= 15 is 0 Å². The number of hydrogen-bond donors (Lipinski definition) is 0. The number of nitrogens with zero attached hydrogens (tertiary/aromatic N) is 3. The zero-order chi connectivity index (χ0) is 11.5. The number of hydrogen-bond acceptors (Lipinski definition) is 2.